The van der Waals surface area contributed by atoms with Gasteiger partial charge >= 0.3 is 5.97 Å². The minimum absolute atomic E-state index is 0. The van der Waals surface area contributed by atoms with E-state index in [1.807, 2.05) is 32.9 Å². The second kappa shape index (κ2) is 12.5. The van der Waals surface area contributed by atoms with Gasteiger partial charge in [-0.3, -0.25) is 0 Å². The van der Waals surface area contributed by atoms with Gasteiger partial charge in [0.25, 0.3) is 0 Å². The van der Waals surface area contributed by atoms with Crippen molar-refractivity contribution >= 4 is 27.6 Å². The molecule has 4 rings (SSSR count). The lowest BCUT2D eigenvalue weighted by Gasteiger charge is -2.17. The molecule has 9 heteroatoms. The Balaban J connectivity index is 0.00000157. The fraction of sp³-hybridized carbons (Fsp3) is 0.179. The lowest BCUT2D eigenvalue weighted by molar-refractivity contribution is 0.0697. The van der Waals surface area contributed by atoms with Crippen LogP contribution in [0.25, 0.3) is 16.9 Å². The third kappa shape index (κ3) is 6.54. The third-order valence-electron chi connectivity index (χ3n) is 5.22. The number of ether oxygens (including phenoxy) is 1. The first kappa shape index (κ1) is 29.5. The zero-order valence-corrected chi connectivity index (χ0v) is 21.4. The van der Waals surface area contributed by atoms with Crippen molar-refractivity contribution in [3.63, 3.8) is 0 Å². The molecule has 0 atom stereocenters. The number of hydrogen-bond donors (Lipinski definition) is 2. The van der Waals surface area contributed by atoms with Crippen LogP contribution in [0.5, 0.6) is 5.75 Å². The minimum Gasteiger partial charge on any atom is -0.488 e. The highest BCUT2D eigenvalue weighted by molar-refractivity contribution is 9.10. The fourth-order valence-electron chi connectivity index (χ4n) is 3.67. The van der Waals surface area contributed by atoms with E-state index in [-0.39, 0.29) is 18.7 Å². The Morgan fingerprint density at radius 2 is 1.65 bits per heavy atom. The van der Waals surface area contributed by atoms with Crippen molar-refractivity contribution < 1.29 is 27.8 Å². The van der Waals surface area contributed by atoms with Crippen LogP contribution in [-0.4, -0.2) is 15.6 Å². The van der Waals surface area contributed by atoms with E-state index in [0.29, 0.717) is 34.8 Å². The number of carboxylic acids is 1. The van der Waals surface area contributed by atoms with Gasteiger partial charge in [-0.2, -0.15) is 0 Å². The number of halogens is 4. The topological polar surface area (TPSA) is 77.5 Å². The minimum atomic E-state index is -1.12. The number of hydrogen-bond acceptors (Lipinski definition) is 3. The second-order valence-electron chi connectivity index (χ2n) is 7.59. The summed E-state index contributed by atoms with van der Waals surface area (Å²) in [5.41, 5.74) is 8.37. The molecule has 1 aromatic heterocycles. The average Bonchev–Trinajstić information content (AvgIpc) is 3.21. The Labute approximate surface area is 222 Å². The van der Waals surface area contributed by atoms with Gasteiger partial charge in [0.15, 0.2) is 0 Å². The van der Waals surface area contributed by atoms with Crippen molar-refractivity contribution in [2.24, 2.45) is 0 Å². The van der Waals surface area contributed by atoms with Crippen molar-refractivity contribution in [3.05, 3.63) is 99.4 Å². The maximum atomic E-state index is 14.1. The Morgan fingerprint density at radius 3 is 2.27 bits per heavy atom. The van der Waals surface area contributed by atoms with Gasteiger partial charge in [-0.05, 0) is 55.5 Å². The molecular formula is C28H28BrF3N2O3. The molecule has 3 N–H and O–H groups in total. The number of aromatic nitrogens is 1. The Hall–Kier alpha value is -3.72. The van der Waals surface area contributed by atoms with Crippen LogP contribution in [0, 0.1) is 24.4 Å². The number of anilines is 1. The number of nitrogens with zero attached hydrogens (tertiary/aromatic N) is 1. The molecule has 0 saturated heterocycles. The van der Waals surface area contributed by atoms with Crippen LogP contribution in [0.2, 0.25) is 0 Å². The smallest absolute Gasteiger partial charge is 0.335 e. The van der Waals surface area contributed by atoms with Gasteiger partial charge in [0, 0.05) is 39.2 Å². The molecule has 0 aliphatic carbocycles. The number of nitrogens with two attached hydrogens (primary N) is 1. The normalized spacial score (nSPS) is 10.2. The van der Waals surface area contributed by atoms with Crippen molar-refractivity contribution in [1.82, 2.24) is 4.57 Å². The predicted molar refractivity (Wildman–Crippen MR) is 144 cm³/mol. The number of aromatic carboxylic acids is 1. The molecule has 0 fully saturated rings. The van der Waals surface area contributed by atoms with Crippen LogP contribution in [0.4, 0.5) is 18.9 Å². The highest BCUT2D eigenvalue weighted by Gasteiger charge is 2.18. The first-order chi connectivity index (χ1) is 17.1. The number of nitrogen functional groups attached to an aromatic ring is 1. The van der Waals surface area contributed by atoms with Gasteiger partial charge in [0.1, 0.15) is 29.8 Å². The summed E-state index contributed by atoms with van der Waals surface area (Å²) >= 11 is 3.43. The van der Waals surface area contributed by atoms with E-state index < -0.39 is 35.6 Å². The zero-order valence-electron chi connectivity index (χ0n) is 19.8. The molecule has 1 heterocycles. The summed E-state index contributed by atoms with van der Waals surface area (Å²) in [7, 11) is 0. The highest BCUT2D eigenvalue weighted by atomic mass is 79.9. The van der Waals surface area contributed by atoms with Gasteiger partial charge < -0.3 is 20.1 Å². The first-order valence-electron chi connectivity index (χ1n) is 11.0. The summed E-state index contributed by atoms with van der Waals surface area (Å²) in [6, 6.07) is 14.5. The van der Waals surface area contributed by atoms with Crippen molar-refractivity contribution in [2.45, 2.75) is 34.8 Å². The van der Waals surface area contributed by atoms with Crippen molar-refractivity contribution in [3.8, 4) is 22.7 Å². The van der Waals surface area contributed by atoms with Gasteiger partial charge in [0.05, 0.1) is 16.8 Å². The van der Waals surface area contributed by atoms with Crippen LogP contribution in [-0.2, 0) is 6.61 Å². The van der Waals surface area contributed by atoms with Crippen molar-refractivity contribution in [1.29, 1.82) is 0 Å². The number of carboxylic acid groups (broad SMARTS) is 1. The Bertz CT molecular complexity index is 1400. The van der Waals surface area contributed by atoms with Gasteiger partial charge in [-0.1, -0.05) is 37.2 Å². The molecule has 37 heavy (non-hydrogen) atoms. The summed E-state index contributed by atoms with van der Waals surface area (Å²) in [5, 5.41) is 9.43. The molecule has 0 aliphatic heterocycles. The second-order valence-corrected chi connectivity index (χ2v) is 8.51. The lowest BCUT2D eigenvalue weighted by Crippen LogP contribution is -2.06. The van der Waals surface area contributed by atoms with E-state index in [9.17, 15) is 23.1 Å². The molecule has 0 bridgehead atoms. The molecule has 4 aromatic rings. The summed E-state index contributed by atoms with van der Waals surface area (Å²) < 4.78 is 49.7. The Morgan fingerprint density at radius 1 is 1.00 bits per heavy atom. The van der Waals surface area contributed by atoms with Crippen LogP contribution in [0.15, 0.2) is 65.1 Å². The molecule has 0 spiro atoms. The summed E-state index contributed by atoms with van der Waals surface area (Å²) in [5.74, 6) is -3.91. The van der Waals surface area contributed by atoms with Crippen LogP contribution < -0.4 is 10.5 Å². The number of aryl methyl sites for hydroxylation is 1. The molecule has 5 nitrogen and oxygen atoms in total. The molecule has 0 amide bonds. The van der Waals surface area contributed by atoms with Crippen LogP contribution in [0.1, 0.15) is 42.9 Å². The Kier molecular flexibility index (Phi) is 9.96. The molecule has 0 unspecified atom stereocenters. The molecule has 196 valence electrons. The summed E-state index contributed by atoms with van der Waals surface area (Å²) in [4.78, 5) is 11.5. The van der Waals surface area contributed by atoms with Crippen molar-refractivity contribution in [2.75, 3.05) is 5.73 Å². The molecule has 3 aromatic carbocycles. The molecular weight excluding hydrogens is 549 g/mol. The van der Waals surface area contributed by atoms with E-state index in [0.717, 1.165) is 10.2 Å². The van der Waals surface area contributed by atoms with E-state index in [2.05, 4.69) is 15.9 Å². The van der Waals surface area contributed by atoms with Gasteiger partial charge in [0.2, 0.25) is 0 Å². The quantitative estimate of drug-likeness (QED) is 0.227. The standard InChI is InChI=1S/C25H18BrF3N2O3.C2H6.CH4/c1-13-2-4-23(31(13)18-7-14(25(32)33)6-17(30)11-18)19-8-15(26)3-5-24(19)34-12-20-21(28)9-16(27)10-22(20)29;1-2;/h2-11H,12,30H2,1H3,(H,32,33);1-2H3;1H4. The molecule has 0 radical (unpaired) electrons. The third-order valence-corrected chi connectivity index (χ3v) is 5.71. The predicted octanol–water partition coefficient (Wildman–Crippen LogP) is 8.15. The summed E-state index contributed by atoms with van der Waals surface area (Å²) in [6.45, 7) is 5.38. The lowest BCUT2D eigenvalue weighted by atomic mass is 10.1. The van der Waals surface area contributed by atoms with Crippen LogP contribution >= 0.6 is 15.9 Å². The van der Waals surface area contributed by atoms with Gasteiger partial charge in [-0.25, -0.2) is 18.0 Å². The SMILES string of the molecule is C.CC.Cc1ccc(-c2cc(Br)ccc2OCc2c(F)cc(F)cc2F)n1-c1cc(N)cc(C(=O)O)c1. The fourth-order valence-corrected chi connectivity index (χ4v) is 4.03. The first-order valence-corrected chi connectivity index (χ1v) is 11.8. The number of rotatable bonds is 6. The zero-order chi connectivity index (χ0) is 26.6. The van der Waals surface area contributed by atoms with E-state index in [4.69, 9.17) is 10.5 Å². The largest absolute Gasteiger partial charge is 0.488 e. The number of carbonyl (C=O) groups is 1. The summed E-state index contributed by atoms with van der Waals surface area (Å²) in [6.07, 6.45) is 0. The maximum Gasteiger partial charge on any atom is 0.335 e. The van der Waals surface area contributed by atoms with E-state index >= 15 is 0 Å². The maximum absolute atomic E-state index is 14.1. The van der Waals surface area contributed by atoms with E-state index in [1.165, 1.54) is 12.1 Å². The van der Waals surface area contributed by atoms with E-state index in [1.54, 1.807) is 28.8 Å². The monoisotopic (exact) mass is 576 g/mol. The average molecular weight is 577 g/mol. The molecule has 0 saturated carbocycles. The number of benzene rings is 3. The van der Waals surface area contributed by atoms with Crippen LogP contribution in [0.3, 0.4) is 0 Å². The van der Waals surface area contributed by atoms with Gasteiger partial charge in [-0.15, -0.1) is 0 Å². The molecule has 0 aliphatic rings. The highest BCUT2D eigenvalue weighted by Crippen LogP contribution is 2.37.